The minimum Gasteiger partial charge on any atom is -0.492 e. The Hall–Kier alpha value is -3.43. The predicted octanol–water partition coefficient (Wildman–Crippen LogP) is 8.00. The maximum atomic E-state index is 14.0. The SMILES string of the molecule is CCOc1ccccc1N(C(=O)c1ccc(Cl)cc1)c1nc(C(F)(F)F)c(-c2ccc(F)cc2)s1. The standard InChI is InChI=1S/C25H17ClF4N2O2S/c1-2-34-20-6-4-3-5-19(20)32(23(33)16-7-11-17(26)12-8-16)24-31-22(25(28,29)30)21(35-24)15-9-13-18(27)14-10-15/h3-14H,2H2,1H3. The summed E-state index contributed by atoms with van der Waals surface area (Å²) in [7, 11) is 0. The van der Waals surface area contributed by atoms with E-state index in [1.807, 2.05) is 0 Å². The second-order valence-corrected chi connectivity index (χ2v) is 8.64. The number of aromatic nitrogens is 1. The zero-order chi connectivity index (χ0) is 25.2. The van der Waals surface area contributed by atoms with Crippen molar-refractivity contribution in [2.45, 2.75) is 13.1 Å². The van der Waals surface area contributed by atoms with Gasteiger partial charge in [-0.25, -0.2) is 14.3 Å². The molecule has 0 radical (unpaired) electrons. The molecule has 1 heterocycles. The highest BCUT2D eigenvalue weighted by atomic mass is 35.5. The van der Waals surface area contributed by atoms with Gasteiger partial charge in [0, 0.05) is 10.6 Å². The maximum Gasteiger partial charge on any atom is 0.434 e. The van der Waals surface area contributed by atoms with Crippen molar-refractivity contribution < 1.29 is 27.1 Å². The third-order valence-corrected chi connectivity index (χ3v) is 6.22. The van der Waals surface area contributed by atoms with Crippen LogP contribution < -0.4 is 9.64 Å². The van der Waals surface area contributed by atoms with Crippen molar-refractivity contribution in [3.63, 3.8) is 0 Å². The molecule has 0 aliphatic carbocycles. The van der Waals surface area contributed by atoms with Gasteiger partial charge in [0.2, 0.25) is 0 Å². The number of ether oxygens (including phenoxy) is 1. The van der Waals surface area contributed by atoms with Crippen LogP contribution in [0.5, 0.6) is 5.75 Å². The summed E-state index contributed by atoms with van der Waals surface area (Å²) in [6.07, 6.45) is -4.81. The van der Waals surface area contributed by atoms with Crippen molar-refractivity contribution in [1.29, 1.82) is 0 Å². The Morgan fingerprint density at radius 3 is 2.31 bits per heavy atom. The lowest BCUT2D eigenvalue weighted by Crippen LogP contribution is -2.26. The molecular weight excluding hydrogens is 504 g/mol. The van der Waals surface area contributed by atoms with Crippen molar-refractivity contribution in [3.05, 3.63) is 94.9 Å². The Morgan fingerprint density at radius 1 is 1.03 bits per heavy atom. The number of hydrogen-bond acceptors (Lipinski definition) is 4. The predicted molar refractivity (Wildman–Crippen MR) is 128 cm³/mol. The van der Waals surface area contributed by atoms with Gasteiger partial charge in [0.15, 0.2) is 10.8 Å². The van der Waals surface area contributed by atoms with Crippen molar-refractivity contribution >= 4 is 39.7 Å². The van der Waals surface area contributed by atoms with Gasteiger partial charge in [-0.15, -0.1) is 0 Å². The largest absolute Gasteiger partial charge is 0.492 e. The van der Waals surface area contributed by atoms with Gasteiger partial charge in [-0.2, -0.15) is 13.2 Å². The number of benzene rings is 3. The van der Waals surface area contributed by atoms with Gasteiger partial charge >= 0.3 is 6.18 Å². The van der Waals surface area contributed by atoms with Crippen LogP contribution in [0.15, 0.2) is 72.8 Å². The van der Waals surface area contributed by atoms with Crippen molar-refractivity contribution in [3.8, 4) is 16.2 Å². The first-order chi connectivity index (χ1) is 16.7. The molecule has 10 heteroatoms. The van der Waals surface area contributed by atoms with Gasteiger partial charge in [-0.3, -0.25) is 4.79 Å². The number of halogens is 5. The van der Waals surface area contributed by atoms with Gasteiger partial charge in [-0.1, -0.05) is 47.2 Å². The van der Waals surface area contributed by atoms with Crippen LogP contribution in [0, 0.1) is 5.82 Å². The van der Waals surface area contributed by atoms with E-state index in [2.05, 4.69) is 4.98 Å². The molecular formula is C25H17ClF4N2O2S. The average Bonchev–Trinajstić information content (AvgIpc) is 3.27. The molecule has 4 rings (SSSR count). The fourth-order valence-electron chi connectivity index (χ4n) is 3.33. The van der Waals surface area contributed by atoms with Crippen molar-refractivity contribution in [1.82, 2.24) is 4.98 Å². The van der Waals surface area contributed by atoms with Crippen LogP contribution in [0.4, 0.5) is 28.4 Å². The monoisotopic (exact) mass is 520 g/mol. The number of alkyl halides is 3. The molecule has 1 aromatic heterocycles. The normalized spacial score (nSPS) is 11.4. The number of carbonyl (C=O) groups excluding carboxylic acids is 1. The molecule has 0 atom stereocenters. The van der Waals surface area contributed by atoms with Crippen LogP contribution in [0.2, 0.25) is 5.02 Å². The lowest BCUT2D eigenvalue weighted by Gasteiger charge is -2.22. The molecule has 35 heavy (non-hydrogen) atoms. The second kappa shape index (κ2) is 10.1. The molecule has 180 valence electrons. The fourth-order valence-corrected chi connectivity index (χ4v) is 4.56. The number of hydrogen-bond donors (Lipinski definition) is 0. The van der Waals surface area contributed by atoms with Gasteiger partial charge in [-0.05, 0) is 61.0 Å². The number of nitrogens with zero attached hydrogens (tertiary/aromatic N) is 2. The Morgan fingerprint density at radius 2 is 1.69 bits per heavy atom. The third kappa shape index (κ3) is 5.31. The third-order valence-electron chi connectivity index (χ3n) is 4.88. The van der Waals surface area contributed by atoms with Crippen molar-refractivity contribution in [2.24, 2.45) is 0 Å². The van der Waals surface area contributed by atoms with E-state index in [1.54, 1.807) is 31.2 Å². The lowest BCUT2D eigenvalue weighted by atomic mass is 10.1. The summed E-state index contributed by atoms with van der Waals surface area (Å²) >= 11 is 6.61. The van der Waals surface area contributed by atoms with Crippen LogP contribution in [-0.2, 0) is 6.18 Å². The molecule has 0 spiro atoms. The summed E-state index contributed by atoms with van der Waals surface area (Å²) in [6.45, 7) is 2.02. The van der Waals surface area contributed by atoms with Crippen LogP contribution in [0.25, 0.3) is 10.4 Å². The maximum absolute atomic E-state index is 14.0. The van der Waals surface area contributed by atoms with Gasteiger partial charge in [0.05, 0.1) is 17.2 Å². The first-order valence-electron chi connectivity index (χ1n) is 10.3. The molecule has 0 saturated carbocycles. The van der Waals surface area contributed by atoms with Gasteiger partial charge in [0.1, 0.15) is 11.6 Å². The number of amides is 1. The van der Waals surface area contributed by atoms with E-state index in [-0.39, 0.29) is 33.4 Å². The van der Waals surface area contributed by atoms with Crippen LogP contribution >= 0.6 is 22.9 Å². The highest BCUT2D eigenvalue weighted by Crippen LogP contribution is 2.46. The Kier molecular flexibility index (Phi) is 7.09. The molecule has 0 saturated heterocycles. The van der Waals surface area contributed by atoms with E-state index in [0.717, 1.165) is 17.0 Å². The summed E-state index contributed by atoms with van der Waals surface area (Å²) in [5.74, 6) is -0.913. The molecule has 0 N–H and O–H groups in total. The van der Waals surface area contributed by atoms with Crippen molar-refractivity contribution in [2.75, 3.05) is 11.5 Å². The molecule has 0 aliphatic rings. The molecule has 4 nitrogen and oxygen atoms in total. The average molecular weight is 521 g/mol. The second-order valence-electron chi connectivity index (χ2n) is 7.23. The number of rotatable bonds is 6. The van der Waals surface area contributed by atoms with Gasteiger partial charge in [0.25, 0.3) is 5.91 Å². The fraction of sp³-hybridized carbons (Fsp3) is 0.120. The van der Waals surface area contributed by atoms with E-state index in [4.69, 9.17) is 16.3 Å². The summed E-state index contributed by atoms with van der Waals surface area (Å²) < 4.78 is 61.0. The van der Waals surface area contributed by atoms with E-state index in [0.29, 0.717) is 22.1 Å². The number of carbonyl (C=O) groups is 1. The zero-order valence-corrected chi connectivity index (χ0v) is 19.7. The van der Waals surface area contributed by atoms with Crippen LogP contribution in [0.3, 0.4) is 0 Å². The minimum atomic E-state index is -4.81. The van der Waals surface area contributed by atoms with Crippen LogP contribution in [0.1, 0.15) is 23.0 Å². The molecule has 0 bridgehead atoms. The summed E-state index contributed by atoms with van der Waals surface area (Å²) in [6, 6.07) is 17.1. The highest BCUT2D eigenvalue weighted by molar-refractivity contribution is 7.19. The van der Waals surface area contributed by atoms with E-state index >= 15 is 0 Å². The molecule has 0 unspecified atom stereocenters. The molecule has 1 amide bonds. The lowest BCUT2D eigenvalue weighted by molar-refractivity contribution is -0.140. The quantitative estimate of drug-likeness (QED) is 0.242. The summed E-state index contributed by atoms with van der Waals surface area (Å²) in [5.41, 5.74) is -0.637. The molecule has 0 aliphatic heterocycles. The summed E-state index contributed by atoms with van der Waals surface area (Å²) in [5, 5.41) is 0.179. The van der Waals surface area contributed by atoms with E-state index in [1.165, 1.54) is 36.4 Å². The number of thiazole rings is 1. The zero-order valence-electron chi connectivity index (χ0n) is 18.1. The van der Waals surface area contributed by atoms with E-state index in [9.17, 15) is 22.4 Å². The Bertz CT molecular complexity index is 1340. The van der Waals surface area contributed by atoms with E-state index < -0.39 is 23.6 Å². The smallest absolute Gasteiger partial charge is 0.434 e. The molecule has 0 fully saturated rings. The number of anilines is 2. The first kappa shape index (κ1) is 24.7. The summed E-state index contributed by atoms with van der Waals surface area (Å²) in [4.78, 5) is 18.3. The Balaban J connectivity index is 1.93. The molecule has 3 aromatic carbocycles. The van der Waals surface area contributed by atoms with Gasteiger partial charge < -0.3 is 4.74 Å². The minimum absolute atomic E-state index is 0.125. The first-order valence-corrected chi connectivity index (χ1v) is 11.5. The van der Waals surface area contributed by atoms with Crippen LogP contribution in [-0.4, -0.2) is 17.5 Å². The highest BCUT2D eigenvalue weighted by Gasteiger charge is 2.40. The topological polar surface area (TPSA) is 42.4 Å². The number of para-hydroxylation sites is 2. The molecule has 4 aromatic rings. The Labute approximate surface area is 207 Å².